The Morgan fingerprint density at radius 1 is 1.00 bits per heavy atom. The Labute approximate surface area is 240 Å². The lowest BCUT2D eigenvalue weighted by Crippen LogP contribution is -2.32. The van der Waals surface area contributed by atoms with Crippen LogP contribution in [-0.2, 0) is 6.54 Å². The molecule has 0 radical (unpaired) electrons. The standard InChI is InChI=1S/C32H27F3N2O5/c1-20(22-10-13-25(14-11-22)42-32(33,34)35)36-30(38)24-12-15-28-29(18-24)41-17-16-37(28)19-21-6-8-23(9-7-21)26-4-2-3-5-27(26)31(39)40/h2-15,18,20H,16-17,19H2,1H3,(H,36,38)(H,39,40). The van der Waals surface area contributed by atoms with Gasteiger partial charge in [0.25, 0.3) is 5.91 Å². The van der Waals surface area contributed by atoms with E-state index in [-0.39, 0.29) is 17.2 Å². The lowest BCUT2D eigenvalue weighted by Gasteiger charge is -2.31. The normalized spacial score (nSPS) is 13.5. The molecule has 10 heteroatoms. The molecule has 4 aromatic rings. The topological polar surface area (TPSA) is 88.1 Å². The zero-order valence-electron chi connectivity index (χ0n) is 22.5. The summed E-state index contributed by atoms with van der Waals surface area (Å²) in [6.07, 6.45) is -4.77. The Kier molecular flexibility index (Phi) is 8.06. The molecule has 0 bridgehead atoms. The van der Waals surface area contributed by atoms with Crippen molar-refractivity contribution in [1.82, 2.24) is 5.32 Å². The fraction of sp³-hybridized carbons (Fsp3) is 0.188. The Morgan fingerprint density at radius 2 is 1.71 bits per heavy atom. The van der Waals surface area contributed by atoms with Gasteiger partial charge in [-0.2, -0.15) is 0 Å². The second-order valence-electron chi connectivity index (χ2n) is 9.81. The third kappa shape index (κ3) is 6.65. The van der Waals surface area contributed by atoms with Crippen LogP contribution >= 0.6 is 0 Å². The Morgan fingerprint density at radius 3 is 2.40 bits per heavy atom. The number of carbonyl (C=O) groups is 2. The van der Waals surface area contributed by atoms with Crippen molar-refractivity contribution in [3.8, 4) is 22.6 Å². The molecule has 4 aromatic carbocycles. The van der Waals surface area contributed by atoms with E-state index in [0.717, 1.165) is 16.8 Å². The molecule has 2 N–H and O–H groups in total. The first-order chi connectivity index (χ1) is 20.1. The Balaban J connectivity index is 1.25. The van der Waals surface area contributed by atoms with Crippen LogP contribution in [0.15, 0.2) is 91.0 Å². The second kappa shape index (κ2) is 11.9. The van der Waals surface area contributed by atoms with E-state index in [1.54, 1.807) is 37.3 Å². The molecule has 42 heavy (non-hydrogen) atoms. The smallest absolute Gasteiger partial charge is 0.490 e. The van der Waals surface area contributed by atoms with Crippen molar-refractivity contribution >= 4 is 17.6 Å². The van der Waals surface area contributed by atoms with Gasteiger partial charge in [-0.3, -0.25) is 4.79 Å². The largest absolute Gasteiger partial charge is 0.573 e. The zero-order valence-corrected chi connectivity index (χ0v) is 22.5. The number of ether oxygens (including phenoxy) is 2. The maximum atomic E-state index is 13.0. The number of carboxylic acid groups (broad SMARTS) is 1. The number of halogens is 3. The summed E-state index contributed by atoms with van der Waals surface area (Å²) in [5.41, 5.74) is 4.59. The van der Waals surface area contributed by atoms with Gasteiger partial charge in [0.2, 0.25) is 0 Å². The van der Waals surface area contributed by atoms with Gasteiger partial charge in [0.05, 0.1) is 23.8 Å². The van der Waals surface area contributed by atoms with Crippen LogP contribution in [0.25, 0.3) is 11.1 Å². The molecule has 0 saturated carbocycles. The number of nitrogens with zero attached hydrogens (tertiary/aromatic N) is 1. The van der Waals surface area contributed by atoms with Gasteiger partial charge in [-0.15, -0.1) is 13.2 Å². The zero-order chi connectivity index (χ0) is 29.9. The van der Waals surface area contributed by atoms with Gasteiger partial charge in [0.1, 0.15) is 18.1 Å². The molecule has 7 nitrogen and oxygen atoms in total. The van der Waals surface area contributed by atoms with Crippen molar-refractivity contribution in [2.24, 2.45) is 0 Å². The van der Waals surface area contributed by atoms with Crippen molar-refractivity contribution in [2.45, 2.75) is 25.9 Å². The molecule has 0 fully saturated rings. The van der Waals surface area contributed by atoms with E-state index >= 15 is 0 Å². The third-order valence-electron chi connectivity index (χ3n) is 6.94. The minimum absolute atomic E-state index is 0.245. The Hall–Kier alpha value is -4.99. The maximum Gasteiger partial charge on any atom is 0.573 e. The lowest BCUT2D eigenvalue weighted by molar-refractivity contribution is -0.274. The summed E-state index contributed by atoms with van der Waals surface area (Å²) in [4.78, 5) is 26.7. The van der Waals surface area contributed by atoms with E-state index in [2.05, 4.69) is 15.0 Å². The molecule has 0 saturated heterocycles. The van der Waals surface area contributed by atoms with Gasteiger partial charge in [0, 0.05) is 12.1 Å². The number of benzene rings is 4. The number of carboxylic acids is 1. The second-order valence-corrected chi connectivity index (χ2v) is 9.81. The molecule has 5 rings (SSSR count). The summed E-state index contributed by atoms with van der Waals surface area (Å²) >= 11 is 0. The van der Waals surface area contributed by atoms with Gasteiger partial charge in [-0.1, -0.05) is 54.6 Å². The average Bonchev–Trinajstić information content (AvgIpc) is 2.97. The molecule has 1 aliphatic heterocycles. The molecule has 0 aromatic heterocycles. The maximum absolute atomic E-state index is 13.0. The molecule has 1 unspecified atom stereocenters. The fourth-order valence-corrected chi connectivity index (χ4v) is 4.84. The molecule has 216 valence electrons. The summed E-state index contributed by atoms with van der Waals surface area (Å²) in [5, 5.41) is 12.4. The highest BCUT2D eigenvalue weighted by molar-refractivity contribution is 5.96. The molecule has 1 amide bonds. The molecule has 1 heterocycles. The first-order valence-electron chi connectivity index (χ1n) is 13.2. The summed E-state index contributed by atoms with van der Waals surface area (Å²) in [6, 6.07) is 24.7. The van der Waals surface area contributed by atoms with Crippen LogP contribution in [0.1, 0.15) is 44.8 Å². The van der Waals surface area contributed by atoms with Crippen LogP contribution in [0.4, 0.5) is 18.9 Å². The van der Waals surface area contributed by atoms with Crippen LogP contribution in [0.2, 0.25) is 0 Å². The van der Waals surface area contributed by atoms with Crippen LogP contribution in [0.3, 0.4) is 0 Å². The predicted octanol–water partition coefficient (Wildman–Crippen LogP) is 6.84. The van der Waals surface area contributed by atoms with Crippen LogP contribution < -0.4 is 19.7 Å². The quantitative estimate of drug-likeness (QED) is 0.239. The summed E-state index contributed by atoms with van der Waals surface area (Å²) < 4.78 is 47.0. The van der Waals surface area contributed by atoms with Gasteiger partial charge >= 0.3 is 12.3 Å². The first kappa shape index (κ1) is 28.5. The molecule has 0 aliphatic carbocycles. The molecule has 1 aliphatic rings. The van der Waals surface area contributed by atoms with Crippen molar-refractivity contribution in [1.29, 1.82) is 0 Å². The first-order valence-corrected chi connectivity index (χ1v) is 13.2. The summed E-state index contributed by atoms with van der Waals surface area (Å²) in [6.45, 7) is 3.41. The van der Waals surface area contributed by atoms with E-state index in [4.69, 9.17) is 4.74 Å². The number of anilines is 1. The number of hydrogen-bond acceptors (Lipinski definition) is 5. The van der Waals surface area contributed by atoms with Gasteiger partial charge in [-0.05, 0) is 65.6 Å². The van der Waals surface area contributed by atoms with E-state index in [9.17, 15) is 27.9 Å². The molecule has 0 spiro atoms. The van der Waals surface area contributed by atoms with Gasteiger partial charge in [0.15, 0.2) is 0 Å². The number of carbonyl (C=O) groups excluding carboxylic acids is 1. The number of hydrogen-bond donors (Lipinski definition) is 2. The third-order valence-corrected chi connectivity index (χ3v) is 6.94. The highest BCUT2D eigenvalue weighted by atomic mass is 19.4. The van der Waals surface area contributed by atoms with Crippen molar-refractivity contribution < 1.29 is 37.3 Å². The monoisotopic (exact) mass is 576 g/mol. The van der Waals surface area contributed by atoms with Crippen LogP contribution in [-0.4, -0.2) is 36.5 Å². The fourth-order valence-electron chi connectivity index (χ4n) is 4.84. The van der Waals surface area contributed by atoms with Gasteiger partial charge in [-0.25, -0.2) is 4.79 Å². The number of aromatic carboxylic acids is 1. The molecular weight excluding hydrogens is 549 g/mol. The predicted molar refractivity (Wildman–Crippen MR) is 151 cm³/mol. The molecule has 1 atom stereocenters. The van der Waals surface area contributed by atoms with Crippen LogP contribution in [0.5, 0.6) is 11.5 Å². The number of fused-ring (bicyclic) bond motifs is 1. The van der Waals surface area contributed by atoms with Crippen molar-refractivity contribution in [3.63, 3.8) is 0 Å². The molecular formula is C32H27F3N2O5. The summed E-state index contributed by atoms with van der Waals surface area (Å²) in [5.74, 6) is -1.09. The van der Waals surface area contributed by atoms with Crippen molar-refractivity contribution in [2.75, 3.05) is 18.1 Å². The number of alkyl halides is 3. The van der Waals surface area contributed by atoms with Crippen LogP contribution in [0, 0.1) is 0 Å². The minimum atomic E-state index is -4.77. The summed E-state index contributed by atoms with van der Waals surface area (Å²) in [7, 11) is 0. The SMILES string of the molecule is CC(NC(=O)c1ccc2c(c1)OCCN2Cc1ccc(-c2ccccc2C(=O)O)cc1)c1ccc(OC(F)(F)F)cc1. The van der Waals surface area contributed by atoms with E-state index in [0.29, 0.717) is 42.1 Å². The number of amides is 1. The number of nitrogens with one attached hydrogen (secondary N) is 1. The van der Waals surface area contributed by atoms with E-state index < -0.39 is 18.4 Å². The van der Waals surface area contributed by atoms with Crippen molar-refractivity contribution in [3.05, 3.63) is 113 Å². The lowest BCUT2D eigenvalue weighted by atomic mass is 9.98. The average molecular weight is 577 g/mol. The van der Waals surface area contributed by atoms with Gasteiger partial charge < -0.3 is 24.8 Å². The van der Waals surface area contributed by atoms with E-state index in [1.807, 2.05) is 36.4 Å². The Bertz CT molecular complexity index is 1590. The van der Waals surface area contributed by atoms with E-state index in [1.165, 1.54) is 24.3 Å². The minimum Gasteiger partial charge on any atom is -0.490 e. The highest BCUT2D eigenvalue weighted by Gasteiger charge is 2.31. The highest BCUT2D eigenvalue weighted by Crippen LogP contribution is 2.34. The number of rotatable bonds is 8.